The van der Waals surface area contributed by atoms with E-state index in [9.17, 15) is 9.59 Å². The quantitative estimate of drug-likeness (QED) is 0.678. The summed E-state index contributed by atoms with van der Waals surface area (Å²) in [4.78, 5) is 34.6. The fourth-order valence-electron chi connectivity index (χ4n) is 5.46. The van der Waals surface area contributed by atoms with Crippen LogP contribution >= 0.6 is 0 Å². The minimum Gasteiger partial charge on any atom is -0.466 e. The third-order valence-corrected chi connectivity index (χ3v) is 7.14. The Morgan fingerprint density at radius 3 is 2.77 bits per heavy atom. The molecular formula is C23H30N4O4. The first-order valence-electron chi connectivity index (χ1n) is 11.2. The summed E-state index contributed by atoms with van der Waals surface area (Å²) in [6.45, 7) is 6.59. The van der Waals surface area contributed by atoms with Crippen LogP contribution in [-0.2, 0) is 14.3 Å². The third kappa shape index (κ3) is 4.30. The molecule has 0 N–H and O–H groups in total. The van der Waals surface area contributed by atoms with Crippen molar-refractivity contribution in [1.29, 1.82) is 5.26 Å². The van der Waals surface area contributed by atoms with Gasteiger partial charge in [0, 0.05) is 38.4 Å². The Kier molecular flexibility index (Phi) is 6.54. The Morgan fingerprint density at radius 2 is 2.10 bits per heavy atom. The van der Waals surface area contributed by atoms with E-state index in [-0.39, 0.29) is 23.5 Å². The molecule has 3 aliphatic rings. The van der Waals surface area contributed by atoms with Crippen molar-refractivity contribution in [1.82, 2.24) is 14.8 Å². The number of amides is 1. The predicted octanol–water partition coefficient (Wildman–Crippen LogP) is 1.85. The lowest BCUT2D eigenvalue weighted by Crippen LogP contribution is -2.59. The third-order valence-electron chi connectivity index (χ3n) is 7.14. The summed E-state index contributed by atoms with van der Waals surface area (Å²) in [6.07, 6.45) is 4.84. The molecule has 3 atom stereocenters. The van der Waals surface area contributed by atoms with Crippen LogP contribution in [0.15, 0.2) is 18.3 Å². The van der Waals surface area contributed by atoms with Crippen LogP contribution < -0.4 is 0 Å². The molecule has 1 aromatic rings. The molecule has 0 spiro atoms. The van der Waals surface area contributed by atoms with Gasteiger partial charge in [-0.15, -0.1) is 0 Å². The Morgan fingerprint density at radius 1 is 1.29 bits per heavy atom. The van der Waals surface area contributed by atoms with Crippen LogP contribution in [0.4, 0.5) is 0 Å². The second-order valence-electron chi connectivity index (χ2n) is 8.71. The van der Waals surface area contributed by atoms with E-state index in [0.29, 0.717) is 31.3 Å². The zero-order chi connectivity index (χ0) is 21.8. The monoisotopic (exact) mass is 426 g/mol. The molecule has 0 aromatic carbocycles. The number of aromatic nitrogens is 1. The van der Waals surface area contributed by atoms with E-state index in [1.165, 1.54) is 6.20 Å². The van der Waals surface area contributed by atoms with Gasteiger partial charge in [-0.1, -0.05) is 0 Å². The maximum atomic E-state index is 13.2. The SMILES string of the molecule is CCOC(=O)[C@@]12CC[C@H](N3CCOCC3)C[C@H]1CCN(C(=O)c1ccc(C#N)nc1)C2. The molecule has 166 valence electrons. The normalized spacial score (nSPS) is 29.0. The van der Waals surface area contributed by atoms with Crippen LogP contribution in [-0.4, -0.2) is 78.7 Å². The number of hydrogen-bond donors (Lipinski definition) is 0. The van der Waals surface area contributed by atoms with Gasteiger partial charge in [-0.2, -0.15) is 5.26 Å². The van der Waals surface area contributed by atoms with Crippen LogP contribution in [0.3, 0.4) is 0 Å². The lowest BCUT2D eigenvalue weighted by atomic mass is 9.61. The summed E-state index contributed by atoms with van der Waals surface area (Å²) >= 11 is 0. The molecule has 2 saturated heterocycles. The fourth-order valence-corrected chi connectivity index (χ4v) is 5.46. The smallest absolute Gasteiger partial charge is 0.314 e. The van der Waals surface area contributed by atoms with Gasteiger partial charge >= 0.3 is 5.97 Å². The maximum absolute atomic E-state index is 13.2. The summed E-state index contributed by atoms with van der Waals surface area (Å²) in [7, 11) is 0. The second kappa shape index (κ2) is 9.33. The predicted molar refractivity (Wildman–Crippen MR) is 112 cm³/mol. The minimum atomic E-state index is -0.646. The molecule has 3 fully saturated rings. The number of carbonyl (C=O) groups is 2. The minimum absolute atomic E-state index is 0.144. The van der Waals surface area contributed by atoms with E-state index in [1.54, 1.807) is 17.0 Å². The molecule has 1 saturated carbocycles. The molecule has 0 unspecified atom stereocenters. The van der Waals surface area contributed by atoms with Crippen molar-refractivity contribution >= 4 is 11.9 Å². The van der Waals surface area contributed by atoms with Crippen LogP contribution in [0.5, 0.6) is 0 Å². The lowest BCUT2D eigenvalue weighted by molar-refractivity contribution is -0.168. The molecule has 0 bridgehead atoms. The summed E-state index contributed by atoms with van der Waals surface area (Å²) in [6, 6.07) is 5.61. The van der Waals surface area contributed by atoms with Gasteiger partial charge in [-0.25, -0.2) is 4.98 Å². The molecule has 31 heavy (non-hydrogen) atoms. The average molecular weight is 427 g/mol. The van der Waals surface area contributed by atoms with Crippen LogP contribution in [0.1, 0.15) is 48.7 Å². The van der Waals surface area contributed by atoms with E-state index < -0.39 is 5.41 Å². The van der Waals surface area contributed by atoms with Crippen molar-refractivity contribution < 1.29 is 19.1 Å². The van der Waals surface area contributed by atoms with Crippen molar-refractivity contribution in [2.45, 2.75) is 38.6 Å². The van der Waals surface area contributed by atoms with Gasteiger partial charge in [-0.05, 0) is 50.7 Å². The summed E-state index contributed by atoms with van der Waals surface area (Å²) in [5, 5.41) is 8.94. The number of carbonyl (C=O) groups excluding carboxylic acids is 2. The van der Waals surface area contributed by atoms with Gasteiger partial charge in [0.15, 0.2) is 0 Å². The van der Waals surface area contributed by atoms with Crippen molar-refractivity contribution in [3.05, 3.63) is 29.6 Å². The molecular weight excluding hydrogens is 396 g/mol. The lowest BCUT2D eigenvalue weighted by Gasteiger charge is -2.52. The number of nitriles is 1. The molecule has 1 amide bonds. The number of rotatable bonds is 4. The highest BCUT2D eigenvalue weighted by Gasteiger charge is 2.54. The zero-order valence-corrected chi connectivity index (χ0v) is 18.1. The molecule has 4 rings (SSSR count). The van der Waals surface area contributed by atoms with Crippen molar-refractivity contribution in [3.63, 3.8) is 0 Å². The number of likely N-dealkylation sites (tertiary alicyclic amines) is 1. The van der Waals surface area contributed by atoms with Crippen LogP contribution in [0.25, 0.3) is 0 Å². The summed E-state index contributed by atoms with van der Waals surface area (Å²) < 4.78 is 11.0. The standard InChI is InChI=1S/C23H30N4O4/c1-2-31-22(29)23-7-5-20(26-9-11-30-12-10-26)13-18(23)6-8-27(16-23)21(28)17-3-4-19(14-24)25-15-17/h3-4,15,18,20H,2,5-13,16H2,1H3/t18-,20+,23-/m1/s1. The van der Waals surface area contributed by atoms with Gasteiger partial charge < -0.3 is 14.4 Å². The number of fused-ring (bicyclic) bond motifs is 1. The molecule has 1 aromatic heterocycles. The van der Waals surface area contributed by atoms with Crippen LogP contribution in [0.2, 0.25) is 0 Å². The number of piperidine rings is 1. The van der Waals surface area contributed by atoms with Crippen molar-refractivity contribution in [2.24, 2.45) is 11.3 Å². The maximum Gasteiger partial charge on any atom is 0.314 e. The average Bonchev–Trinajstić information content (AvgIpc) is 2.83. The van der Waals surface area contributed by atoms with Crippen LogP contribution in [0, 0.1) is 22.7 Å². The summed E-state index contributed by atoms with van der Waals surface area (Å²) in [5.74, 6) is -0.110. The number of pyridine rings is 1. The highest BCUT2D eigenvalue weighted by molar-refractivity contribution is 5.94. The number of ether oxygens (including phenoxy) is 2. The van der Waals surface area contributed by atoms with E-state index in [2.05, 4.69) is 9.88 Å². The zero-order valence-electron chi connectivity index (χ0n) is 18.1. The van der Waals surface area contributed by atoms with Gasteiger partial charge in [0.25, 0.3) is 5.91 Å². The molecule has 0 radical (unpaired) electrons. The Labute approximate surface area is 183 Å². The highest BCUT2D eigenvalue weighted by Crippen LogP contribution is 2.48. The van der Waals surface area contributed by atoms with E-state index in [4.69, 9.17) is 14.7 Å². The van der Waals surface area contributed by atoms with Gasteiger partial charge in [0.05, 0.1) is 30.8 Å². The first kappa shape index (κ1) is 21.7. The van der Waals surface area contributed by atoms with Gasteiger partial charge in [-0.3, -0.25) is 14.5 Å². The Balaban J connectivity index is 1.52. The number of esters is 1. The molecule has 1 aliphatic carbocycles. The van der Waals surface area contributed by atoms with Crippen molar-refractivity contribution in [3.8, 4) is 6.07 Å². The fraction of sp³-hybridized carbons (Fsp3) is 0.652. The topological polar surface area (TPSA) is 95.8 Å². The molecule has 8 heteroatoms. The van der Waals surface area contributed by atoms with Gasteiger partial charge in [0.1, 0.15) is 11.8 Å². The first-order valence-corrected chi connectivity index (χ1v) is 11.2. The van der Waals surface area contributed by atoms with Gasteiger partial charge in [0.2, 0.25) is 0 Å². The Bertz CT molecular complexity index is 846. The van der Waals surface area contributed by atoms with E-state index >= 15 is 0 Å². The molecule has 3 heterocycles. The van der Waals surface area contributed by atoms with E-state index in [0.717, 1.165) is 52.0 Å². The largest absolute Gasteiger partial charge is 0.466 e. The highest BCUT2D eigenvalue weighted by atomic mass is 16.5. The van der Waals surface area contributed by atoms with Crippen molar-refractivity contribution in [2.75, 3.05) is 46.0 Å². The second-order valence-corrected chi connectivity index (χ2v) is 8.71. The number of nitrogens with zero attached hydrogens (tertiary/aromatic N) is 4. The molecule has 2 aliphatic heterocycles. The Hall–Kier alpha value is -2.50. The number of hydrogen-bond acceptors (Lipinski definition) is 7. The summed E-state index contributed by atoms with van der Waals surface area (Å²) in [5.41, 5.74) is 0.0744. The number of morpholine rings is 1. The first-order chi connectivity index (χ1) is 15.1. The van der Waals surface area contributed by atoms with E-state index in [1.807, 2.05) is 13.0 Å². The molecule has 8 nitrogen and oxygen atoms in total.